The largest absolute Gasteiger partial charge is 0.383 e. The smallest absolute Gasteiger partial charge is 0.123 e. The fourth-order valence-electron chi connectivity index (χ4n) is 2.13. The molecule has 0 radical (unpaired) electrons. The van der Waals surface area contributed by atoms with Gasteiger partial charge in [0, 0.05) is 31.3 Å². The maximum absolute atomic E-state index is 13.5. The second-order valence-corrected chi connectivity index (χ2v) is 5.19. The predicted octanol–water partition coefficient (Wildman–Crippen LogP) is 3.23. The molecule has 0 aliphatic rings. The number of aromatic nitrogens is 1. The van der Waals surface area contributed by atoms with Crippen LogP contribution in [0.2, 0.25) is 0 Å². The lowest BCUT2D eigenvalue weighted by atomic mass is 10.0. The van der Waals surface area contributed by atoms with E-state index in [0.717, 1.165) is 28.7 Å². The molecule has 2 rings (SSSR count). The molecule has 0 spiro atoms. The lowest BCUT2D eigenvalue weighted by Crippen LogP contribution is -2.19. The SMILES string of the molecule is COCCNCc1cc(C(C)C)nc2ccc(F)cc12. The first-order chi connectivity index (χ1) is 9.61. The van der Waals surface area contributed by atoms with Crippen molar-refractivity contribution in [1.29, 1.82) is 0 Å². The van der Waals surface area contributed by atoms with Gasteiger partial charge in [0.25, 0.3) is 0 Å². The predicted molar refractivity (Wildman–Crippen MR) is 79.4 cm³/mol. The molecule has 0 amide bonds. The summed E-state index contributed by atoms with van der Waals surface area (Å²) in [5, 5.41) is 4.18. The molecule has 0 fully saturated rings. The maximum atomic E-state index is 13.5. The van der Waals surface area contributed by atoms with Crippen molar-refractivity contribution in [3.63, 3.8) is 0 Å². The second kappa shape index (κ2) is 6.77. The maximum Gasteiger partial charge on any atom is 0.123 e. The van der Waals surface area contributed by atoms with Crippen LogP contribution >= 0.6 is 0 Å². The quantitative estimate of drug-likeness (QED) is 0.822. The van der Waals surface area contributed by atoms with Gasteiger partial charge in [-0.1, -0.05) is 13.8 Å². The van der Waals surface area contributed by atoms with Gasteiger partial charge in [0.05, 0.1) is 12.1 Å². The summed E-state index contributed by atoms with van der Waals surface area (Å²) in [5.74, 6) is 0.122. The molecule has 1 aromatic carbocycles. The Kier molecular flexibility index (Phi) is 5.04. The number of nitrogens with one attached hydrogen (secondary N) is 1. The molecule has 0 saturated heterocycles. The number of benzene rings is 1. The minimum absolute atomic E-state index is 0.227. The van der Waals surface area contributed by atoms with Crippen LogP contribution in [0.4, 0.5) is 4.39 Å². The minimum atomic E-state index is -0.227. The Balaban J connectivity index is 2.35. The van der Waals surface area contributed by atoms with Gasteiger partial charge in [-0.05, 0) is 35.7 Å². The first kappa shape index (κ1) is 14.9. The van der Waals surface area contributed by atoms with Crippen molar-refractivity contribution in [3.8, 4) is 0 Å². The van der Waals surface area contributed by atoms with Gasteiger partial charge >= 0.3 is 0 Å². The van der Waals surface area contributed by atoms with Crippen LogP contribution in [0.5, 0.6) is 0 Å². The van der Waals surface area contributed by atoms with Crippen LogP contribution < -0.4 is 5.32 Å². The zero-order valence-corrected chi connectivity index (χ0v) is 12.2. The fourth-order valence-corrected chi connectivity index (χ4v) is 2.13. The van der Waals surface area contributed by atoms with Crippen molar-refractivity contribution in [2.45, 2.75) is 26.3 Å². The van der Waals surface area contributed by atoms with Crippen LogP contribution in [0.25, 0.3) is 10.9 Å². The molecule has 0 aliphatic carbocycles. The van der Waals surface area contributed by atoms with E-state index in [0.29, 0.717) is 19.1 Å². The highest BCUT2D eigenvalue weighted by Crippen LogP contribution is 2.23. The highest BCUT2D eigenvalue weighted by atomic mass is 19.1. The van der Waals surface area contributed by atoms with Crippen LogP contribution in [0.15, 0.2) is 24.3 Å². The molecular formula is C16H21FN2O. The molecule has 0 atom stereocenters. The number of nitrogens with zero attached hydrogens (tertiary/aromatic N) is 1. The molecule has 1 aromatic heterocycles. The van der Waals surface area contributed by atoms with Gasteiger partial charge in [0.1, 0.15) is 5.82 Å². The molecule has 1 heterocycles. The van der Waals surface area contributed by atoms with E-state index in [-0.39, 0.29) is 5.82 Å². The zero-order chi connectivity index (χ0) is 14.5. The molecule has 0 unspecified atom stereocenters. The summed E-state index contributed by atoms with van der Waals surface area (Å²) in [4.78, 5) is 4.60. The van der Waals surface area contributed by atoms with Gasteiger partial charge in [0.15, 0.2) is 0 Å². The Labute approximate surface area is 119 Å². The summed E-state index contributed by atoms with van der Waals surface area (Å²) in [6.45, 7) is 6.34. The highest BCUT2D eigenvalue weighted by Gasteiger charge is 2.09. The molecule has 108 valence electrons. The van der Waals surface area contributed by atoms with Gasteiger partial charge in [-0.3, -0.25) is 4.98 Å². The summed E-state index contributed by atoms with van der Waals surface area (Å²) in [7, 11) is 1.68. The third-order valence-electron chi connectivity index (χ3n) is 3.27. The first-order valence-corrected chi connectivity index (χ1v) is 6.90. The average Bonchev–Trinajstić information content (AvgIpc) is 2.43. The Morgan fingerprint density at radius 2 is 2.10 bits per heavy atom. The number of pyridine rings is 1. The minimum Gasteiger partial charge on any atom is -0.383 e. The molecule has 0 bridgehead atoms. The van der Waals surface area contributed by atoms with Crippen molar-refractivity contribution in [1.82, 2.24) is 10.3 Å². The Hall–Kier alpha value is -1.52. The average molecular weight is 276 g/mol. The molecule has 20 heavy (non-hydrogen) atoms. The van der Waals surface area contributed by atoms with Crippen molar-refractivity contribution in [3.05, 3.63) is 41.3 Å². The number of hydrogen-bond acceptors (Lipinski definition) is 3. The van der Waals surface area contributed by atoms with E-state index in [9.17, 15) is 4.39 Å². The molecule has 0 aliphatic heterocycles. The summed E-state index contributed by atoms with van der Waals surface area (Å²) in [5.41, 5.74) is 2.96. The number of methoxy groups -OCH3 is 1. The van der Waals surface area contributed by atoms with E-state index >= 15 is 0 Å². The van der Waals surface area contributed by atoms with E-state index in [2.05, 4.69) is 30.2 Å². The van der Waals surface area contributed by atoms with E-state index in [4.69, 9.17) is 4.74 Å². The van der Waals surface area contributed by atoms with Crippen LogP contribution in [0.1, 0.15) is 31.0 Å². The van der Waals surface area contributed by atoms with Gasteiger partial charge < -0.3 is 10.1 Å². The number of rotatable bonds is 6. The summed E-state index contributed by atoms with van der Waals surface area (Å²) in [6.07, 6.45) is 0. The third-order valence-corrected chi connectivity index (χ3v) is 3.27. The fraction of sp³-hybridized carbons (Fsp3) is 0.438. The van der Waals surface area contributed by atoms with E-state index in [1.54, 1.807) is 19.2 Å². The van der Waals surface area contributed by atoms with E-state index in [1.165, 1.54) is 6.07 Å². The molecular weight excluding hydrogens is 255 g/mol. The van der Waals surface area contributed by atoms with E-state index < -0.39 is 0 Å². The molecule has 3 nitrogen and oxygen atoms in total. The third kappa shape index (κ3) is 3.52. The van der Waals surface area contributed by atoms with Gasteiger partial charge in [-0.15, -0.1) is 0 Å². The second-order valence-electron chi connectivity index (χ2n) is 5.19. The van der Waals surface area contributed by atoms with Crippen molar-refractivity contribution in [2.75, 3.05) is 20.3 Å². The number of ether oxygens (including phenoxy) is 1. The topological polar surface area (TPSA) is 34.1 Å². The Bertz CT molecular complexity index is 584. The summed E-state index contributed by atoms with van der Waals surface area (Å²) in [6, 6.07) is 6.82. The van der Waals surface area contributed by atoms with Crippen molar-refractivity contribution in [2.24, 2.45) is 0 Å². The van der Waals surface area contributed by atoms with Gasteiger partial charge in [0.2, 0.25) is 0 Å². The molecule has 4 heteroatoms. The number of fused-ring (bicyclic) bond motifs is 1. The Morgan fingerprint density at radius 1 is 1.30 bits per heavy atom. The Morgan fingerprint density at radius 3 is 2.80 bits per heavy atom. The van der Waals surface area contributed by atoms with Crippen LogP contribution in [0.3, 0.4) is 0 Å². The number of halogens is 1. The monoisotopic (exact) mass is 276 g/mol. The van der Waals surface area contributed by atoms with Crippen molar-refractivity contribution >= 4 is 10.9 Å². The molecule has 1 N–H and O–H groups in total. The zero-order valence-electron chi connectivity index (χ0n) is 12.2. The van der Waals surface area contributed by atoms with Gasteiger partial charge in [-0.25, -0.2) is 4.39 Å². The summed E-state index contributed by atoms with van der Waals surface area (Å²) >= 11 is 0. The number of hydrogen-bond donors (Lipinski definition) is 1. The highest BCUT2D eigenvalue weighted by molar-refractivity contribution is 5.82. The summed E-state index contributed by atoms with van der Waals surface area (Å²) < 4.78 is 18.5. The molecule has 2 aromatic rings. The lowest BCUT2D eigenvalue weighted by molar-refractivity contribution is 0.199. The van der Waals surface area contributed by atoms with Crippen LogP contribution in [0, 0.1) is 5.82 Å². The van der Waals surface area contributed by atoms with Gasteiger partial charge in [-0.2, -0.15) is 0 Å². The van der Waals surface area contributed by atoms with Crippen molar-refractivity contribution < 1.29 is 9.13 Å². The standard InChI is InChI=1S/C16H21FN2O/c1-11(2)16-8-12(10-18-6-7-20-3)14-9-13(17)4-5-15(14)19-16/h4-5,8-9,11,18H,6-7,10H2,1-3H3. The molecule has 0 saturated carbocycles. The lowest BCUT2D eigenvalue weighted by Gasteiger charge is -2.12. The normalized spacial score (nSPS) is 11.4. The van der Waals surface area contributed by atoms with E-state index in [1.807, 2.05) is 0 Å². The van der Waals surface area contributed by atoms with Crippen LogP contribution in [-0.2, 0) is 11.3 Å². The van der Waals surface area contributed by atoms with Crippen LogP contribution in [-0.4, -0.2) is 25.2 Å². The first-order valence-electron chi connectivity index (χ1n) is 6.90.